The predicted molar refractivity (Wildman–Crippen MR) is 87.7 cm³/mol. The van der Waals surface area contributed by atoms with E-state index in [4.69, 9.17) is 10.5 Å². The molecule has 4 nitrogen and oxygen atoms in total. The van der Waals surface area contributed by atoms with E-state index in [1.165, 1.54) is 32.1 Å². The molecule has 2 atom stereocenters. The van der Waals surface area contributed by atoms with Gasteiger partial charge in [-0.2, -0.15) is 0 Å². The number of piperidine rings is 1. The Morgan fingerprint density at radius 2 is 1.76 bits per heavy atom. The van der Waals surface area contributed by atoms with Gasteiger partial charge in [0.15, 0.2) is 0 Å². The number of rotatable bonds is 4. The van der Waals surface area contributed by atoms with E-state index in [0.29, 0.717) is 6.54 Å². The Hall–Kier alpha value is -0.320. The number of carbonyl (C=O) groups is 1. The average Bonchev–Trinajstić information content (AvgIpc) is 2.75. The van der Waals surface area contributed by atoms with E-state index in [2.05, 4.69) is 0 Å². The molecule has 2 rings (SSSR count). The van der Waals surface area contributed by atoms with Gasteiger partial charge in [-0.15, -0.1) is 12.4 Å². The molecule has 1 saturated carbocycles. The maximum Gasteiger partial charge on any atom is 0.251 e. The van der Waals surface area contributed by atoms with Gasteiger partial charge in [0.05, 0.1) is 6.10 Å². The third-order valence-electron chi connectivity index (χ3n) is 4.73. The van der Waals surface area contributed by atoms with Crippen molar-refractivity contribution in [1.82, 2.24) is 4.90 Å². The number of likely N-dealkylation sites (tertiary alicyclic amines) is 1. The summed E-state index contributed by atoms with van der Waals surface area (Å²) in [7, 11) is 0. The molecule has 2 aliphatic rings. The highest BCUT2D eigenvalue weighted by molar-refractivity contribution is 5.85. The molecule has 2 unspecified atom stereocenters. The Labute approximate surface area is 135 Å². The number of amides is 1. The second-order valence-electron chi connectivity index (χ2n) is 6.31. The average molecular weight is 319 g/mol. The van der Waals surface area contributed by atoms with Crippen LogP contribution >= 0.6 is 12.4 Å². The summed E-state index contributed by atoms with van der Waals surface area (Å²) in [4.78, 5) is 14.5. The maximum absolute atomic E-state index is 12.6. The predicted octanol–water partition coefficient (Wildman–Crippen LogP) is 2.88. The summed E-state index contributed by atoms with van der Waals surface area (Å²) in [5.41, 5.74) is 5.80. The van der Waals surface area contributed by atoms with Gasteiger partial charge >= 0.3 is 0 Å². The standard InChI is InChI=1S/C16H30N2O2.ClH/c1-13(20-15-9-4-2-3-5-10-15)16(19)18-11-7-6-8-14(18)12-17;/h13-15H,2-12,17H2,1H3;1H. The number of hydrogen-bond acceptors (Lipinski definition) is 3. The minimum atomic E-state index is -0.315. The normalized spacial score (nSPS) is 25.8. The summed E-state index contributed by atoms with van der Waals surface area (Å²) >= 11 is 0. The van der Waals surface area contributed by atoms with Crippen LogP contribution in [-0.2, 0) is 9.53 Å². The molecule has 2 N–H and O–H groups in total. The summed E-state index contributed by atoms with van der Waals surface area (Å²) in [6.45, 7) is 3.33. The molecule has 2 fully saturated rings. The zero-order valence-corrected chi connectivity index (χ0v) is 14.1. The van der Waals surface area contributed by atoms with Crippen LogP contribution in [0.15, 0.2) is 0 Å². The lowest BCUT2D eigenvalue weighted by molar-refractivity contribution is -0.150. The third-order valence-corrected chi connectivity index (χ3v) is 4.73. The van der Waals surface area contributed by atoms with Crippen molar-refractivity contribution in [2.24, 2.45) is 5.73 Å². The number of halogens is 1. The molecule has 0 radical (unpaired) electrons. The van der Waals surface area contributed by atoms with Crippen LogP contribution in [0.2, 0.25) is 0 Å². The molecule has 0 aromatic carbocycles. The monoisotopic (exact) mass is 318 g/mol. The van der Waals surface area contributed by atoms with Gasteiger partial charge in [-0.1, -0.05) is 25.7 Å². The van der Waals surface area contributed by atoms with Crippen molar-refractivity contribution in [3.8, 4) is 0 Å². The minimum absolute atomic E-state index is 0. The van der Waals surface area contributed by atoms with Crippen LogP contribution in [0.25, 0.3) is 0 Å². The molecule has 0 bridgehead atoms. The van der Waals surface area contributed by atoms with Crippen LogP contribution in [0.4, 0.5) is 0 Å². The molecule has 0 aromatic heterocycles. The highest BCUT2D eigenvalue weighted by atomic mass is 35.5. The number of nitrogens with zero attached hydrogens (tertiary/aromatic N) is 1. The number of nitrogens with two attached hydrogens (primary N) is 1. The van der Waals surface area contributed by atoms with Gasteiger partial charge in [-0.3, -0.25) is 4.79 Å². The fourth-order valence-electron chi connectivity index (χ4n) is 3.49. The van der Waals surface area contributed by atoms with Crippen molar-refractivity contribution in [3.63, 3.8) is 0 Å². The molecular weight excluding hydrogens is 288 g/mol. The highest BCUT2D eigenvalue weighted by Crippen LogP contribution is 2.23. The SMILES string of the molecule is CC(OC1CCCCCC1)C(=O)N1CCCCC1CN.Cl. The van der Waals surface area contributed by atoms with Gasteiger partial charge in [-0.05, 0) is 39.0 Å². The lowest BCUT2D eigenvalue weighted by Crippen LogP contribution is -2.51. The first kappa shape index (κ1) is 18.7. The number of ether oxygens (including phenoxy) is 1. The zero-order chi connectivity index (χ0) is 14.4. The molecule has 124 valence electrons. The zero-order valence-electron chi connectivity index (χ0n) is 13.3. The lowest BCUT2D eigenvalue weighted by atomic mass is 10.0. The topological polar surface area (TPSA) is 55.6 Å². The molecule has 5 heteroatoms. The largest absolute Gasteiger partial charge is 0.365 e. The van der Waals surface area contributed by atoms with Crippen LogP contribution < -0.4 is 5.73 Å². The van der Waals surface area contributed by atoms with Gasteiger partial charge in [0.2, 0.25) is 0 Å². The van der Waals surface area contributed by atoms with Crippen LogP contribution in [0.5, 0.6) is 0 Å². The van der Waals surface area contributed by atoms with E-state index < -0.39 is 0 Å². The molecule has 1 amide bonds. The second kappa shape index (κ2) is 9.65. The van der Waals surface area contributed by atoms with Crippen LogP contribution in [0.3, 0.4) is 0 Å². The summed E-state index contributed by atoms with van der Waals surface area (Å²) in [6, 6.07) is 0.219. The lowest BCUT2D eigenvalue weighted by Gasteiger charge is -2.37. The van der Waals surface area contributed by atoms with Crippen molar-refractivity contribution in [1.29, 1.82) is 0 Å². The summed E-state index contributed by atoms with van der Waals surface area (Å²) < 4.78 is 6.05. The van der Waals surface area contributed by atoms with E-state index >= 15 is 0 Å². The van der Waals surface area contributed by atoms with Crippen molar-refractivity contribution in [2.75, 3.05) is 13.1 Å². The van der Waals surface area contributed by atoms with E-state index in [-0.39, 0.29) is 36.6 Å². The van der Waals surface area contributed by atoms with E-state index in [0.717, 1.165) is 32.2 Å². The first-order chi connectivity index (χ1) is 9.72. The molecule has 21 heavy (non-hydrogen) atoms. The third kappa shape index (κ3) is 5.42. The Bertz CT molecular complexity index is 307. The van der Waals surface area contributed by atoms with Crippen LogP contribution in [0.1, 0.15) is 64.7 Å². The van der Waals surface area contributed by atoms with Crippen molar-refractivity contribution in [2.45, 2.75) is 83.0 Å². The van der Waals surface area contributed by atoms with Gasteiger partial charge in [0.1, 0.15) is 6.10 Å². The molecule has 1 heterocycles. The molecular formula is C16H31ClN2O2. The Morgan fingerprint density at radius 3 is 2.38 bits per heavy atom. The fraction of sp³-hybridized carbons (Fsp3) is 0.938. The molecule has 1 saturated heterocycles. The van der Waals surface area contributed by atoms with E-state index in [9.17, 15) is 4.79 Å². The first-order valence-electron chi connectivity index (χ1n) is 8.38. The number of hydrogen-bond donors (Lipinski definition) is 1. The van der Waals surface area contributed by atoms with Crippen molar-refractivity contribution >= 4 is 18.3 Å². The Kier molecular flexibility index (Phi) is 8.60. The van der Waals surface area contributed by atoms with E-state index in [1.807, 2.05) is 11.8 Å². The maximum atomic E-state index is 12.6. The smallest absolute Gasteiger partial charge is 0.251 e. The van der Waals surface area contributed by atoms with Gasteiger partial charge in [0, 0.05) is 19.1 Å². The Balaban J connectivity index is 0.00000220. The fourth-order valence-corrected chi connectivity index (χ4v) is 3.49. The molecule has 1 aliphatic carbocycles. The van der Waals surface area contributed by atoms with Crippen LogP contribution in [-0.4, -0.2) is 42.1 Å². The minimum Gasteiger partial charge on any atom is -0.365 e. The van der Waals surface area contributed by atoms with Crippen LogP contribution in [0, 0.1) is 0 Å². The van der Waals surface area contributed by atoms with Gasteiger partial charge in [0.25, 0.3) is 5.91 Å². The summed E-state index contributed by atoms with van der Waals surface area (Å²) in [6.07, 6.45) is 10.6. The van der Waals surface area contributed by atoms with Crippen molar-refractivity contribution < 1.29 is 9.53 Å². The highest BCUT2D eigenvalue weighted by Gasteiger charge is 2.30. The summed E-state index contributed by atoms with van der Waals surface area (Å²) in [5.74, 6) is 0.143. The quantitative estimate of drug-likeness (QED) is 0.811. The van der Waals surface area contributed by atoms with Gasteiger partial charge in [-0.25, -0.2) is 0 Å². The molecule has 0 spiro atoms. The van der Waals surface area contributed by atoms with Crippen molar-refractivity contribution in [3.05, 3.63) is 0 Å². The van der Waals surface area contributed by atoms with Gasteiger partial charge < -0.3 is 15.4 Å². The Morgan fingerprint density at radius 1 is 1.14 bits per heavy atom. The first-order valence-corrected chi connectivity index (χ1v) is 8.38. The van der Waals surface area contributed by atoms with E-state index in [1.54, 1.807) is 0 Å². The summed E-state index contributed by atoms with van der Waals surface area (Å²) in [5, 5.41) is 0. The number of carbonyl (C=O) groups excluding carboxylic acids is 1. The second-order valence-corrected chi connectivity index (χ2v) is 6.31. The molecule has 1 aliphatic heterocycles. The molecule has 0 aromatic rings.